The van der Waals surface area contributed by atoms with Crippen molar-refractivity contribution in [2.75, 3.05) is 6.61 Å². The Kier molecular flexibility index (Phi) is 5.47. The average molecular weight is 441 g/mol. The number of amidine groups is 2. The van der Waals surface area contributed by atoms with Gasteiger partial charge in [0.25, 0.3) is 5.91 Å². The first-order valence-corrected chi connectivity index (χ1v) is 11.1. The molecule has 158 valence electrons. The van der Waals surface area contributed by atoms with Gasteiger partial charge in [-0.1, -0.05) is 60.3 Å². The molecule has 6 nitrogen and oxygen atoms in total. The molecule has 2 aliphatic heterocycles. The van der Waals surface area contributed by atoms with Gasteiger partial charge >= 0.3 is 0 Å². The molecule has 0 saturated carbocycles. The SMILES string of the molecule is N=C1/C(=C/c2cccn2CCOc2ccccc2)C(=O)N=C2SC=C(c3ccccc3)N12. The zero-order valence-corrected chi connectivity index (χ0v) is 18.0. The van der Waals surface area contributed by atoms with Crippen LogP contribution in [-0.4, -0.2) is 33.0 Å². The van der Waals surface area contributed by atoms with E-state index >= 15 is 0 Å². The molecule has 7 heteroatoms. The maximum absolute atomic E-state index is 12.7. The number of benzene rings is 2. The van der Waals surface area contributed by atoms with E-state index in [9.17, 15) is 4.79 Å². The van der Waals surface area contributed by atoms with Crippen LogP contribution in [0.15, 0.2) is 95.0 Å². The van der Waals surface area contributed by atoms with Crippen LogP contribution in [0.5, 0.6) is 5.75 Å². The predicted octanol–water partition coefficient (Wildman–Crippen LogP) is 4.87. The minimum absolute atomic E-state index is 0.133. The Balaban J connectivity index is 1.37. The minimum Gasteiger partial charge on any atom is -0.492 e. The van der Waals surface area contributed by atoms with Gasteiger partial charge in [-0.05, 0) is 35.9 Å². The molecule has 0 spiro atoms. The highest BCUT2D eigenvalue weighted by Gasteiger charge is 2.36. The molecule has 0 atom stereocenters. The average Bonchev–Trinajstić information content (AvgIpc) is 3.45. The summed E-state index contributed by atoms with van der Waals surface area (Å²) in [4.78, 5) is 18.7. The summed E-state index contributed by atoms with van der Waals surface area (Å²) in [6, 6.07) is 23.3. The molecule has 2 aromatic carbocycles. The van der Waals surface area contributed by atoms with E-state index in [0.29, 0.717) is 18.3 Å². The number of aromatic nitrogens is 1. The Morgan fingerprint density at radius 3 is 2.53 bits per heavy atom. The van der Waals surface area contributed by atoms with Crippen LogP contribution in [0.2, 0.25) is 0 Å². The third-order valence-electron chi connectivity index (χ3n) is 5.19. The normalized spacial score (nSPS) is 16.8. The van der Waals surface area contributed by atoms with Crippen LogP contribution >= 0.6 is 11.8 Å². The fourth-order valence-electron chi connectivity index (χ4n) is 3.60. The molecule has 32 heavy (non-hydrogen) atoms. The number of rotatable bonds is 6. The van der Waals surface area contributed by atoms with Crippen molar-refractivity contribution in [3.05, 3.63) is 101 Å². The van der Waals surface area contributed by atoms with E-state index in [1.807, 2.05) is 89.0 Å². The topological polar surface area (TPSA) is 70.7 Å². The van der Waals surface area contributed by atoms with Gasteiger partial charge in [-0.3, -0.25) is 15.1 Å². The lowest BCUT2D eigenvalue weighted by Gasteiger charge is -2.27. The standard InChI is InChI=1S/C25H20N4O2S/c26-23-21(16-19-10-7-13-28(19)14-15-31-20-11-5-2-6-12-20)24(30)27-25-29(23)22(17-32-25)18-8-3-1-4-9-18/h1-13,16-17,26H,14-15H2/b21-16-,26-23?. The number of fused-ring (bicyclic) bond motifs is 1. The molecule has 0 saturated heterocycles. The molecule has 0 bridgehead atoms. The van der Waals surface area contributed by atoms with Crippen LogP contribution in [0.1, 0.15) is 11.3 Å². The van der Waals surface area contributed by atoms with E-state index in [1.165, 1.54) is 11.8 Å². The summed E-state index contributed by atoms with van der Waals surface area (Å²) in [6.07, 6.45) is 3.67. The van der Waals surface area contributed by atoms with E-state index in [2.05, 4.69) is 4.99 Å². The number of carbonyl (C=O) groups is 1. The van der Waals surface area contributed by atoms with Crippen LogP contribution < -0.4 is 4.74 Å². The summed E-state index contributed by atoms with van der Waals surface area (Å²) in [5.41, 5.74) is 2.92. The summed E-state index contributed by atoms with van der Waals surface area (Å²) in [5.74, 6) is 0.551. The smallest absolute Gasteiger partial charge is 0.283 e. The Morgan fingerprint density at radius 1 is 1.00 bits per heavy atom. The number of hydrogen-bond donors (Lipinski definition) is 1. The lowest BCUT2D eigenvalue weighted by Crippen LogP contribution is -2.38. The number of nitrogens with zero attached hydrogens (tertiary/aromatic N) is 3. The highest BCUT2D eigenvalue weighted by Crippen LogP contribution is 2.37. The number of ether oxygens (including phenoxy) is 1. The summed E-state index contributed by atoms with van der Waals surface area (Å²) in [6.45, 7) is 1.11. The third kappa shape index (κ3) is 3.90. The van der Waals surface area contributed by atoms with Crippen LogP contribution in [-0.2, 0) is 11.3 Å². The molecule has 1 N–H and O–H groups in total. The molecule has 0 fully saturated rings. The van der Waals surface area contributed by atoms with Crippen molar-refractivity contribution < 1.29 is 9.53 Å². The molecule has 0 aliphatic carbocycles. The molecule has 5 rings (SSSR count). The van der Waals surface area contributed by atoms with Gasteiger partial charge in [-0.15, -0.1) is 0 Å². The number of nitrogens with one attached hydrogen (secondary N) is 1. The van der Waals surface area contributed by atoms with Gasteiger partial charge in [0.15, 0.2) is 5.17 Å². The van der Waals surface area contributed by atoms with Crippen molar-refractivity contribution in [1.82, 2.24) is 9.47 Å². The summed E-state index contributed by atoms with van der Waals surface area (Å²) in [7, 11) is 0. The van der Waals surface area contributed by atoms with Crippen molar-refractivity contribution in [1.29, 1.82) is 5.41 Å². The third-order valence-corrected chi connectivity index (χ3v) is 6.01. The van der Waals surface area contributed by atoms with Crippen LogP contribution in [0.25, 0.3) is 11.8 Å². The lowest BCUT2D eigenvalue weighted by atomic mass is 10.1. The molecule has 1 amide bonds. The fourth-order valence-corrected chi connectivity index (χ4v) is 4.49. The first-order chi connectivity index (χ1) is 15.7. The molecule has 0 radical (unpaired) electrons. The highest BCUT2D eigenvalue weighted by molar-refractivity contribution is 8.17. The number of hydrogen-bond acceptors (Lipinski definition) is 4. The first kappa shape index (κ1) is 20.1. The largest absolute Gasteiger partial charge is 0.492 e. The second-order valence-corrected chi connectivity index (χ2v) is 8.05. The zero-order chi connectivity index (χ0) is 21.9. The van der Waals surface area contributed by atoms with Crippen LogP contribution in [0.3, 0.4) is 0 Å². The van der Waals surface area contributed by atoms with Crippen LogP contribution in [0.4, 0.5) is 0 Å². The fraction of sp³-hybridized carbons (Fsp3) is 0.0800. The molecular formula is C25H20N4O2S. The lowest BCUT2D eigenvalue weighted by molar-refractivity contribution is -0.114. The van der Waals surface area contributed by atoms with Crippen LogP contribution in [0, 0.1) is 5.41 Å². The molecular weight excluding hydrogens is 420 g/mol. The second kappa shape index (κ2) is 8.72. The second-order valence-electron chi connectivity index (χ2n) is 7.22. The number of para-hydroxylation sites is 1. The van der Waals surface area contributed by atoms with Gasteiger partial charge in [-0.2, -0.15) is 4.99 Å². The summed E-state index contributed by atoms with van der Waals surface area (Å²) in [5, 5.41) is 11.2. The zero-order valence-electron chi connectivity index (χ0n) is 17.1. The molecule has 1 aromatic heterocycles. The predicted molar refractivity (Wildman–Crippen MR) is 128 cm³/mol. The number of aliphatic imine (C=N–C) groups is 1. The van der Waals surface area contributed by atoms with Gasteiger partial charge in [-0.25, -0.2) is 0 Å². The van der Waals surface area contributed by atoms with Crippen molar-refractivity contribution >= 4 is 40.4 Å². The number of amides is 1. The molecule has 2 aliphatic rings. The maximum Gasteiger partial charge on any atom is 0.283 e. The number of carbonyl (C=O) groups excluding carboxylic acids is 1. The number of thioether (sulfide) groups is 1. The Labute approximate surface area is 190 Å². The molecule has 0 unspecified atom stereocenters. The van der Waals surface area contributed by atoms with E-state index in [1.54, 1.807) is 11.0 Å². The van der Waals surface area contributed by atoms with Gasteiger partial charge in [0.2, 0.25) is 0 Å². The minimum atomic E-state index is -0.398. The van der Waals surface area contributed by atoms with Crippen molar-refractivity contribution in [3.63, 3.8) is 0 Å². The summed E-state index contributed by atoms with van der Waals surface area (Å²) >= 11 is 1.36. The van der Waals surface area contributed by atoms with Gasteiger partial charge < -0.3 is 9.30 Å². The van der Waals surface area contributed by atoms with E-state index < -0.39 is 5.91 Å². The quantitative estimate of drug-likeness (QED) is 0.555. The first-order valence-electron chi connectivity index (χ1n) is 10.2. The Bertz CT molecular complexity index is 1260. The van der Waals surface area contributed by atoms with Crippen molar-refractivity contribution in [2.24, 2.45) is 4.99 Å². The Hall–Kier alpha value is -3.84. The van der Waals surface area contributed by atoms with Crippen molar-refractivity contribution in [3.8, 4) is 5.75 Å². The van der Waals surface area contributed by atoms with E-state index in [-0.39, 0.29) is 11.4 Å². The molecule has 3 aromatic rings. The van der Waals surface area contributed by atoms with Gasteiger partial charge in [0.1, 0.15) is 18.2 Å². The van der Waals surface area contributed by atoms with Crippen molar-refractivity contribution in [2.45, 2.75) is 6.54 Å². The van der Waals surface area contributed by atoms with Gasteiger partial charge in [0, 0.05) is 17.3 Å². The maximum atomic E-state index is 12.7. The summed E-state index contributed by atoms with van der Waals surface area (Å²) < 4.78 is 7.80. The molecule has 3 heterocycles. The van der Waals surface area contributed by atoms with E-state index in [0.717, 1.165) is 22.7 Å². The van der Waals surface area contributed by atoms with E-state index in [4.69, 9.17) is 10.1 Å². The highest BCUT2D eigenvalue weighted by atomic mass is 32.2. The Morgan fingerprint density at radius 2 is 1.75 bits per heavy atom. The van der Waals surface area contributed by atoms with Gasteiger partial charge in [0.05, 0.1) is 17.8 Å². The monoisotopic (exact) mass is 440 g/mol.